The topological polar surface area (TPSA) is 41.1 Å². The summed E-state index contributed by atoms with van der Waals surface area (Å²) < 4.78 is 13.6. The molecule has 1 heterocycles. The zero-order valence-electron chi connectivity index (χ0n) is 11.3. The summed E-state index contributed by atoms with van der Waals surface area (Å²) in [7, 11) is 0. The Morgan fingerprint density at radius 2 is 2.26 bits per heavy atom. The summed E-state index contributed by atoms with van der Waals surface area (Å²) in [5, 5.41) is 6.04. The van der Waals surface area contributed by atoms with E-state index < -0.39 is 5.41 Å². The molecule has 2 rings (SSSR count). The van der Waals surface area contributed by atoms with Crippen LogP contribution in [0, 0.1) is 11.2 Å². The predicted molar refractivity (Wildman–Crippen MR) is 74.5 cm³/mol. The van der Waals surface area contributed by atoms with E-state index in [1.165, 1.54) is 6.07 Å². The van der Waals surface area contributed by atoms with Crippen molar-refractivity contribution in [2.75, 3.05) is 18.4 Å². The summed E-state index contributed by atoms with van der Waals surface area (Å²) in [5.41, 5.74) is -0.122. The van der Waals surface area contributed by atoms with Crippen molar-refractivity contribution in [3.63, 3.8) is 0 Å². The van der Waals surface area contributed by atoms with Gasteiger partial charge in [-0.1, -0.05) is 25.5 Å². The van der Waals surface area contributed by atoms with Crippen LogP contribution in [-0.2, 0) is 4.79 Å². The van der Waals surface area contributed by atoms with Gasteiger partial charge in [0.05, 0.1) is 11.1 Å². The molecule has 3 nitrogen and oxygen atoms in total. The summed E-state index contributed by atoms with van der Waals surface area (Å²) >= 11 is 0. The number of benzene rings is 1. The van der Waals surface area contributed by atoms with Crippen molar-refractivity contribution in [2.45, 2.75) is 32.6 Å². The molecular formula is C15H21FN2O. The molecule has 0 aromatic heterocycles. The van der Waals surface area contributed by atoms with Gasteiger partial charge in [-0.05, 0) is 37.9 Å². The molecule has 1 fully saturated rings. The molecule has 0 radical (unpaired) electrons. The summed E-state index contributed by atoms with van der Waals surface area (Å²) in [6.45, 7) is 3.71. The Balaban J connectivity index is 2.14. The van der Waals surface area contributed by atoms with E-state index in [-0.39, 0.29) is 17.4 Å². The first kappa shape index (κ1) is 14.0. The molecule has 4 heteroatoms. The summed E-state index contributed by atoms with van der Waals surface area (Å²) in [6, 6.07) is 6.31. The Morgan fingerprint density at radius 3 is 2.89 bits per heavy atom. The highest BCUT2D eigenvalue weighted by Crippen LogP contribution is 2.33. The molecule has 1 aromatic carbocycles. The van der Waals surface area contributed by atoms with Gasteiger partial charge in [0.2, 0.25) is 5.91 Å². The second-order valence-electron chi connectivity index (χ2n) is 5.24. The lowest BCUT2D eigenvalue weighted by atomic mass is 9.76. The van der Waals surface area contributed by atoms with E-state index in [1.54, 1.807) is 18.2 Å². The van der Waals surface area contributed by atoms with Gasteiger partial charge in [-0.25, -0.2) is 4.39 Å². The highest BCUT2D eigenvalue weighted by molar-refractivity contribution is 5.95. The van der Waals surface area contributed by atoms with Crippen LogP contribution in [0.1, 0.15) is 32.6 Å². The Kier molecular flexibility index (Phi) is 4.53. The van der Waals surface area contributed by atoms with Crippen molar-refractivity contribution in [1.29, 1.82) is 0 Å². The first-order valence-electron chi connectivity index (χ1n) is 6.95. The number of hydrogen-bond acceptors (Lipinski definition) is 2. The normalized spacial score (nSPS) is 23.1. The quantitative estimate of drug-likeness (QED) is 0.878. The van der Waals surface area contributed by atoms with Crippen LogP contribution in [0.2, 0.25) is 0 Å². The number of amides is 1. The first-order chi connectivity index (χ1) is 9.18. The molecule has 1 saturated heterocycles. The monoisotopic (exact) mass is 264 g/mol. The van der Waals surface area contributed by atoms with Gasteiger partial charge in [-0.3, -0.25) is 4.79 Å². The molecule has 0 aliphatic carbocycles. The minimum atomic E-state index is -0.394. The highest BCUT2D eigenvalue weighted by atomic mass is 19.1. The Labute approximate surface area is 113 Å². The van der Waals surface area contributed by atoms with Crippen molar-refractivity contribution < 1.29 is 9.18 Å². The molecule has 1 atom stereocenters. The van der Waals surface area contributed by atoms with Gasteiger partial charge >= 0.3 is 0 Å². The van der Waals surface area contributed by atoms with Crippen LogP contribution < -0.4 is 10.6 Å². The fraction of sp³-hybridized carbons (Fsp3) is 0.533. The number of piperidine rings is 1. The minimum absolute atomic E-state index is 0.0633. The summed E-state index contributed by atoms with van der Waals surface area (Å²) in [4.78, 5) is 12.5. The predicted octanol–water partition coefficient (Wildman–Crippen LogP) is 2.93. The summed E-state index contributed by atoms with van der Waals surface area (Å²) in [6.07, 6.45) is 3.64. The number of carbonyl (C=O) groups excluding carboxylic acids is 1. The van der Waals surface area contributed by atoms with E-state index in [1.807, 2.05) is 0 Å². The van der Waals surface area contributed by atoms with E-state index in [0.29, 0.717) is 6.54 Å². The molecule has 1 unspecified atom stereocenters. The Bertz CT molecular complexity index is 436. The molecule has 1 amide bonds. The van der Waals surface area contributed by atoms with Crippen molar-refractivity contribution in [2.24, 2.45) is 5.41 Å². The van der Waals surface area contributed by atoms with Crippen LogP contribution in [-0.4, -0.2) is 19.0 Å². The molecular weight excluding hydrogens is 243 g/mol. The van der Waals surface area contributed by atoms with Crippen LogP contribution in [0.3, 0.4) is 0 Å². The van der Waals surface area contributed by atoms with Gasteiger partial charge in [0.1, 0.15) is 5.82 Å². The number of hydrogen-bond donors (Lipinski definition) is 2. The zero-order chi connectivity index (χ0) is 13.7. The third-order valence-electron chi connectivity index (χ3n) is 3.80. The number of carbonyl (C=O) groups is 1. The maximum Gasteiger partial charge on any atom is 0.231 e. The second-order valence-corrected chi connectivity index (χ2v) is 5.24. The fourth-order valence-electron chi connectivity index (χ4n) is 2.78. The lowest BCUT2D eigenvalue weighted by Crippen LogP contribution is -2.48. The second kappa shape index (κ2) is 6.15. The van der Waals surface area contributed by atoms with Gasteiger partial charge in [0, 0.05) is 6.54 Å². The van der Waals surface area contributed by atoms with Gasteiger partial charge in [-0.15, -0.1) is 0 Å². The van der Waals surface area contributed by atoms with Gasteiger partial charge < -0.3 is 10.6 Å². The van der Waals surface area contributed by atoms with Crippen molar-refractivity contribution in [3.8, 4) is 0 Å². The van der Waals surface area contributed by atoms with Gasteiger partial charge in [0.15, 0.2) is 0 Å². The molecule has 0 spiro atoms. The average molecular weight is 264 g/mol. The van der Waals surface area contributed by atoms with Crippen LogP contribution >= 0.6 is 0 Å². The number of para-hydroxylation sites is 1. The minimum Gasteiger partial charge on any atom is -0.323 e. The third kappa shape index (κ3) is 3.13. The van der Waals surface area contributed by atoms with Crippen LogP contribution in [0.4, 0.5) is 10.1 Å². The number of halogens is 1. The van der Waals surface area contributed by atoms with E-state index in [0.717, 1.165) is 32.2 Å². The van der Waals surface area contributed by atoms with Gasteiger partial charge in [-0.2, -0.15) is 0 Å². The van der Waals surface area contributed by atoms with Gasteiger partial charge in [0.25, 0.3) is 0 Å². The average Bonchev–Trinajstić information content (AvgIpc) is 2.42. The molecule has 1 aromatic rings. The molecule has 0 bridgehead atoms. The molecule has 19 heavy (non-hydrogen) atoms. The molecule has 1 aliphatic rings. The van der Waals surface area contributed by atoms with Crippen LogP contribution in [0.25, 0.3) is 0 Å². The lowest BCUT2D eigenvalue weighted by molar-refractivity contribution is -0.127. The standard InChI is InChI=1S/C15H21FN2O/c1-2-8-15(9-5-10-17-11-15)14(19)18-13-7-4-3-6-12(13)16/h3-4,6-7,17H,2,5,8-11H2,1H3,(H,18,19). The highest BCUT2D eigenvalue weighted by Gasteiger charge is 2.38. The van der Waals surface area contributed by atoms with E-state index in [2.05, 4.69) is 17.6 Å². The molecule has 2 N–H and O–H groups in total. The Hall–Kier alpha value is -1.42. The van der Waals surface area contributed by atoms with Crippen LogP contribution in [0.5, 0.6) is 0 Å². The van der Waals surface area contributed by atoms with Crippen molar-refractivity contribution in [3.05, 3.63) is 30.1 Å². The maximum atomic E-state index is 13.6. The molecule has 104 valence electrons. The third-order valence-corrected chi connectivity index (χ3v) is 3.80. The number of nitrogens with one attached hydrogen (secondary N) is 2. The van der Waals surface area contributed by atoms with Crippen LogP contribution in [0.15, 0.2) is 24.3 Å². The van der Waals surface area contributed by atoms with E-state index in [9.17, 15) is 9.18 Å². The number of anilines is 1. The molecule has 0 saturated carbocycles. The zero-order valence-corrected chi connectivity index (χ0v) is 11.3. The smallest absolute Gasteiger partial charge is 0.231 e. The maximum absolute atomic E-state index is 13.6. The molecule has 1 aliphatic heterocycles. The lowest BCUT2D eigenvalue weighted by Gasteiger charge is -2.36. The van der Waals surface area contributed by atoms with Crippen molar-refractivity contribution in [1.82, 2.24) is 5.32 Å². The van der Waals surface area contributed by atoms with E-state index >= 15 is 0 Å². The largest absolute Gasteiger partial charge is 0.323 e. The van der Waals surface area contributed by atoms with E-state index in [4.69, 9.17) is 0 Å². The Morgan fingerprint density at radius 1 is 1.47 bits per heavy atom. The SMILES string of the molecule is CCCC1(C(=O)Nc2ccccc2F)CCCNC1. The first-order valence-corrected chi connectivity index (χ1v) is 6.95. The van der Waals surface area contributed by atoms with Crippen molar-refractivity contribution >= 4 is 11.6 Å². The number of rotatable bonds is 4. The summed E-state index contributed by atoms with van der Waals surface area (Å²) in [5.74, 6) is -0.446. The fourth-order valence-corrected chi connectivity index (χ4v) is 2.78.